The maximum atomic E-state index is 6.17. The molecular formula is C17H21N. The largest absolute Gasteiger partial charge is 0.328 e. The van der Waals surface area contributed by atoms with Crippen LogP contribution in [0.2, 0.25) is 0 Å². The molecule has 0 radical (unpaired) electrons. The molecule has 1 nitrogen and oxygen atoms in total. The highest BCUT2D eigenvalue weighted by atomic mass is 14.6. The van der Waals surface area contributed by atoms with Crippen molar-refractivity contribution in [3.63, 3.8) is 0 Å². The molecule has 0 aliphatic rings. The summed E-state index contributed by atoms with van der Waals surface area (Å²) in [7, 11) is 0. The van der Waals surface area contributed by atoms with Gasteiger partial charge in [0.2, 0.25) is 0 Å². The van der Waals surface area contributed by atoms with Crippen LogP contribution in [0.15, 0.2) is 60.7 Å². The summed E-state index contributed by atoms with van der Waals surface area (Å²) in [5, 5.41) is 0. The fourth-order valence-electron chi connectivity index (χ4n) is 2.14. The first-order chi connectivity index (χ1) is 8.84. The summed E-state index contributed by atoms with van der Waals surface area (Å²) < 4.78 is 0. The van der Waals surface area contributed by atoms with E-state index in [4.69, 9.17) is 5.73 Å². The second-order valence-electron chi connectivity index (χ2n) is 4.81. The Kier molecular flexibility index (Phi) is 4.98. The van der Waals surface area contributed by atoms with Crippen molar-refractivity contribution in [1.29, 1.82) is 0 Å². The highest BCUT2D eigenvalue weighted by Gasteiger charge is 2.03. The molecule has 0 spiro atoms. The molecule has 0 bridgehead atoms. The summed E-state index contributed by atoms with van der Waals surface area (Å²) in [5.41, 5.74) is 8.93. The number of aryl methyl sites for hydroxylation is 2. The Morgan fingerprint density at radius 2 is 1.06 bits per heavy atom. The molecule has 18 heavy (non-hydrogen) atoms. The number of hydrogen-bond donors (Lipinski definition) is 1. The van der Waals surface area contributed by atoms with E-state index in [0.29, 0.717) is 6.04 Å². The number of hydrogen-bond acceptors (Lipinski definition) is 1. The Labute approximate surface area is 110 Å². The van der Waals surface area contributed by atoms with Gasteiger partial charge in [0.1, 0.15) is 0 Å². The van der Waals surface area contributed by atoms with E-state index in [2.05, 4.69) is 60.7 Å². The Balaban J connectivity index is 1.71. The molecule has 0 aromatic heterocycles. The average molecular weight is 239 g/mol. The molecule has 0 saturated heterocycles. The normalized spacial score (nSPS) is 10.8. The summed E-state index contributed by atoms with van der Waals surface area (Å²) in [6, 6.07) is 21.4. The van der Waals surface area contributed by atoms with Crippen molar-refractivity contribution in [1.82, 2.24) is 0 Å². The predicted molar refractivity (Wildman–Crippen MR) is 77.5 cm³/mol. The second kappa shape index (κ2) is 6.97. The summed E-state index contributed by atoms with van der Waals surface area (Å²) in [5.74, 6) is 0. The van der Waals surface area contributed by atoms with Crippen LogP contribution < -0.4 is 5.73 Å². The van der Waals surface area contributed by atoms with Crippen molar-refractivity contribution < 1.29 is 0 Å². The minimum absolute atomic E-state index is 0.297. The molecule has 0 saturated carbocycles. The predicted octanol–water partition coefficient (Wildman–Crippen LogP) is 3.58. The van der Waals surface area contributed by atoms with Crippen molar-refractivity contribution >= 4 is 0 Å². The van der Waals surface area contributed by atoms with E-state index in [1.165, 1.54) is 11.1 Å². The fraction of sp³-hybridized carbons (Fsp3) is 0.294. The van der Waals surface area contributed by atoms with Crippen LogP contribution in [0, 0.1) is 0 Å². The van der Waals surface area contributed by atoms with Crippen LogP contribution in [-0.2, 0) is 12.8 Å². The van der Waals surface area contributed by atoms with Gasteiger partial charge in [0, 0.05) is 6.04 Å². The minimum atomic E-state index is 0.297. The molecule has 0 fully saturated rings. The Hall–Kier alpha value is -1.60. The standard InChI is InChI=1S/C17H21N/c18-17(13-11-15-7-3-1-4-8-15)14-12-16-9-5-2-6-10-16/h1-10,17H,11-14,18H2. The lowest BCUT2D eigenvalue weighted by molar-refractivity contribution is 0.569. The molecule has 0 aliphatic heterocycles. The van der Waals surface area contributed by atoms with Crippen LogP contribution in [0.4, 0.5) is 0 Å². The Bertz CT molecular complexity index is 392. The number of nitrogens with two attached hydrogens (primary N) is 1. The van der Waals surface area contributed by atoms with Crippen molar-refractivity contribution in [2.24, 2.45) is 5.73 Å². The molecule has 0 heterocycles. The smallest absolute Gasteiger partial charge is 0.00451 e. The first kappa shape index (κ1) is 12.8. The highest BCUT2D eigenvalue weighted by Crippen LogP contribution is 2.09. The van der Waals surface area contributed by atoms with Crippen LogP contribution in [0.3, 0.4) is 0 Å². The van der Waals surface area contributed by atoms with Crippen LogP contribution in [0.25, 0.3) is 0 Å². The van der Waals surface area contributed by atoms with Crippen LogP contribution in [-0.4, -0.2) is 6.04 Å². The summed E-state index contributed by atoms with van der Waals surface area (Å²) in [6.45, 7) is 0. The van der Waals surface area contributed by atoms with E-state index in [-0.39, 0.29) is 0 Å². The first-order valence-electron chi connectivity index (χ1n) is 6.68. The second-order valence-corrected chi connectivity index (χ2v) is 4.81. The number of benzene rings is 2. The topological polar surface area (TPSA) is 26.0 Å². The molecule has 2 N–H and O–H groups in total. The van der Waals surface area contributed by atoms with Gasteiger partial charge < -0.3 is 5.73 Å². The van der Waals surface area contributed by atoms with Gasteiger partial charge >= 0.3 is 0 Å². The summed E-state index contributed by atoms with van der Waals surface area (Å²) in [6.07, 6.45) is 4.29. The summed E-state index contributed by atoms with van der Waals surface area (Å²) in [4.78, 5) is 0. The molecule has 2 rings (SSSR count). The first-order valence-corrected chi connectivity index (χ1v) is 6.68. The molecule has 0 aliphatic carbocycles. The van der Waals surface area contributed by atoms with Crippen molar-refractivity contribution in [2.45, 2.75) is 31.7 Å². The third kappa shape index (κ3) is 4.34. The Morgan fingerprint density at radius 1 is 0.667 bits per heavy atom. The minimum Gasteiger partial charge on any atom is -0.328 e. The van der Waals surface area contributed by atoms with Gasteiger partial charge in [-0.05, 0) is 36.8 Å². The molecule has 2 aromatic carbocycles. The molecular weight excluding hydrogens is 218 g/mol. The lowest BCUT2D eigenvalue weighted by Gasteiger charge is -2.11. The monoisotopic (exact) mass is 239 g/mol. The van der Waals surface area contributed by atoms with E-state index in [1.807, 2.05) is 0 Å². The highest BCUT2D eigenvalue weighted by molar-refractivity contribution is 5.16. The van der Waals surface area contributed by atoms with E-state index >= 15 is 0 Å². The molecule has 0 unspecified atom stereocenters. The van der Waals surface area contributed by atoms with Gasteiger partial charge in [0.05, 0.1) is 0 Å². The third-order valence-electron chi connectivity index (χ3n) is 3.29. The van der Waals surface area contributed by atoms with E-state index < -0.39 is 0 Å². The Morgan fingerprint density at radius 3 is 1.44 bits per heavy atom. The summed E-state index contributed by atoms with van der Waals surface area (Å²) >= 11 is 0. The third-order valence-corrected chi connectivity index (χ3v) is 3.29. The van der Waals surface area contributed by atoms with Gasteiger partial charge in [-0.15, -0.1) is 0 Å². The van der Waals surface area contributed by atoms with Crippen molar-refractivity contribution in [2.75, 3.05) is 0 Å². The van der Waals surface area contributed by atoms with Crippen LogP contribution >= 0.6 is 0 Å². The molecule has 0 atom stereocenters. The van der Waals surface area contributed by atoms with Gasteiger partial charge in [-0.2, -0.15) is 0 Å². The average Bonchev–Trinajstić information content (AvgIpc) is 2.45. The molecule has 2 aromatic rings. The van der Waals surface area contributed by atoms with E-state index in [0.717, 1.165) is 25.7 Å². The zero-order valence-corrected chi connectivity index (χ0v) is 10.8. The molecule has 1 heteroatoms. The van der Waals surface area contributed by atoms with Crippen molar-refractivity contribution in [3.05, 3.63) is 71.8 Å². The lowest BCUT2D eigenvalue weighted by Crippen LogP contribution is -2.21. The zero-order valence-electron chi connectivity index (χ0n) is 10.8. The lowest BCUT2D eigenvalue weighted by atomic mass is 10.00. The van der Waals surface area contributed by atoms with Gasteiger partial charge in [-0.3, -0.25) is 0 Å². The molecule has 94 valence electrons. The maximum absolute atomic E-state index is 6.17. The van der Waals surface area contributed by atoms with E-state index in [1.54, 1.807) is 0 Å². The fourth-order valence-corrected chi connectivity index (χ4v) is 2.14. The molecule has 0 amide bonds. The van der Waals surface area contributed by atoms with Gasteiger partial charge in [0.15, 0.2) is 0 Å². The SMILES string of the molecule is NC(CCc1ccccc1)CCc1ccccc1. The van der Waals surface area contributed by atoms with Gasteiger partial charge in [-0.25, -0.2) is 0 Å². The van der Waals surface area contributed by atoms with Crippen molar-refractivity contribution in [3.8, 4) is 0 Å². The maximum Gasteiger partial charge on any atom is 0.00451 e. The van der Waals surface area contributed by atoms with Crippen LogP contribution in [0.1, 0.15) is 24.0 Å². The van der Waals surface area contributed by atoms with Crippen LogP contribution in [0.5, 0.6) is 0 Å². The number of rotatable bonds is 6. The zero-order chi connectivity index (χ0) is 12.6. The quantitative estimate of drug-likeness (QED) is 0.819. The van der Waals surface area contributed by atoms with Gasteiger partial charge in [-0.1, -0.05) is 60.7 Å². The van der Waals surface area contributed by atoms with Gasteiger partial charge in [0.25, 0.3) is 0 Å². The van der Waals surface area contributed by atoms with E-state index in [9.17, 15) is 0 Å².